The molecule has 3 heterocycles. The number of nitrogens with zero attached hydrogens (tertiary/aromatic N) is 3. The lowest BCUT2D eigenvalue weighted by Crippen LogP contribution is -2.29. The molecule has 5 N–H and O–H groups in total. The molecule has 3 aromatic carbocycles. The minimum Gasteiger partial charge on any atom is -0.508 e. The number of carbonyl (C=O) groups is 1. The van der Waals surface area contributed by atoms with Gasteiger partial charge in [-0.2, -0.15) is 0 Å². The second-order valence-corrected chi connectivity index (χ2v) is 14.3. The van der Waals surface area contributed by atoms with Crippen LogP contribution in [0.2, 0.25) is 0 Å². The highest BCUT2D eigenvalue weighted by Gasteiger charge is 2.25. The molecule has 1 aliphatic heterocycles. The number of hydrogen-bond acceptors (Lipinski definition) is 9. The number of nitrogens with one attached hydrogen (secondary N) is 2. The number of imidazole rings is 1. The van der Waals surface area contributed by atoms with Crippen molar-refractivity contribution >= 4 is 45.6 Å². The SMILES string of the molecule is CC(C)(C)c1nc2cnc(-c3ccc(OCCCCNC(=S)Nc4ccc(-c5c6ccc(=O)cc-6oc6cc(O)ccc56)c(C(=O)O)c4)cc3)cn2c1O. The number of rotatable bonds is 10. The van der Waals surface area contributed by atoms with E-state index in [4.69, 9.17) is 21.4 Å². The average Bonchev–Trinajstić information content (AvgIpc) is 3.48. The summed E-state index contributed by atoms with van der Waals surface area (Å²) in [6.07, 6.45) is 4.97. The van der Waals surface area contributed by atoms with Gasteiger partial charge < -0.3 is 35.1 Å². The van der Waals surface area contributed by atoms with E-state index in [1.54, 1.807) is 41.1 Å². The van der Waals surface area contributed by atoms with E-state index in [2.05, 4.69) is 20.6 Å². The smallest absolute Gasteiger partial charge is 0.336 e. The van der Waals surface area contributed by atoms with Gasteiger partial charge in [-0.3, -0.25) is 14.2 Å². The lowest BCUT2D eigenvalue weighted by molar-refractivity contribution is 0.0697. The topological polar surface area (TPSA) is 171 Å². The highest BCUT2D eigenvalue weighted by Crippen LogP contribution is 2.42. The largest absolute Gasteiger partial charge is 0.508 e. The fourth-order valence-corrected chi connectivity index (χ4v) is 6.50. The Kier molecular flexibility index (Phi) is 9.65. The molecule has 0 unspecified atom stereocenters. The van der Waals surface area contributed by atoms with E-state index in [1.807, 2.05) is 45.0 Å². The van der Waals surface area contributed by atoms with Gasteiger partial charge in [0, 0.05) is 58.1 Å². The molecule has 13 heteroatoms. The number of ether oxygens (including phenoxy) is 1. The standard InChI is InChI=1S/C41H37N5O7S/c1-41(2,3)37-38(49)46-22-32(43-21-35(46)45-37)23-6-11-27(12-7-23)52-17-5-4-16-42-40(54)44-24-8-13-28(31(18-24)39(50)51)36-29-14-9-25(47)19-33(29)53-34-20-26(48)10-15-30(34)36/h6-15,18-22,47,49H,4-5,16-17H2,1-3H3,(H,50,51)(H2,42,44,54). The van der Waals surface area contributed by atoms with Gasteiger partial charge in [-0.1, -0.05) is 26.8 Å². The number of fused-ring (bicyclic) bond motifs is 3. The molecule has 0 saturated heterocycles. The number of carboxylic acid groups (broad SMARTS) is 1. The van der Waals surface area contributed by atoms with Crippen LogP contribution < -0.4 is 20.8 Å². The fraction of sp³-hybridized carbons (Fsp3) is 0.195. The third-order valence-electron chi connectivity index (χ3n) is 8.92. The van der Waals surface area contributed by atoms with E-state index >= 15 is 0 Å². The number of phenolic OH excluding ortho intramolecular Hbond substituents is 1. The molecule has 0 radical (unpaired) electrons. The number of aromatic hydroxyl groups is 2. The van der Waals surface area contributed by atoms with Crippen molar-refractivity contribution in [3.63, 3.8) is 0 Å². The number of aromatic carboxylic acids is 1. The zero-order valence-corrected chi connectivity index (χ0v) is 30.5. The van der Waals surface area contributed by atoms with Crippen LogP contribution >= 0.6 is 12.2 Å². The van der Waals surface area contributed by atoms with Crippen LogP contribution in [0.25, 0.3) is 50.3 Å². The first kappa shape index (κ1) is 35.9. The lowest BCUT2D eigenvalue weighted by Gasteiger charge is -2.18. The van der Waals surface area contributed by atoms with Crippen LogP contribution in [0, 0.1) is 0 Å². The highest BCUT2D eigenvalue weighted by atomic mass is 32.1. The molecule has 0 saturated carbocycles. The van der Waals surface area contributed by atoms with E-state index in [0.717, 1.165) is 24.2 Å². The molecular formula is C41H37N5O7S. The van der Waals surface area contributed by atoms with Crippen LogP contribution in [-0.2, 0) is 5.41 Å². The molecule has 5 aromatic rings. The summed E-state index contributed by atoms with van der Waals surface area (Å²) in [6.45, 7) is 7.08. The summed E-state index contributed by atoms with van der Waals surface area (Å²) in [7, 11) is 0. The van der Waals surface area contributed by atoms with E-state index in [1.165, 1.54) is 30.3 Å². The molecule has 0 amide bonds. The summed E-state index contributed by atoms with van der Waals surface area (Å²) in [5.74, 6) is -0.0577. The normalized spacial score (nSPS) is 11.6. The Morgan fingerprint density at radius 2 is 1.74 bits per heavy atom. The van der Waals surface area contributed by atoms with Gasteiger partial charge in [0.05, 0.1) is 24.1 Å². The van der Waals surface area contributed by atoms with E-state index in [-0.39, 0.29) is 33.8 Å². The van der Waals surface area contributed by atoms with Crippen LogP contribution in [0.5, 0.6) is 17.4 Å². The van der Waals surface area contributed by atoms with Gasteiger partial charge in [-0.25, -0.2) is 9.78 Å². The molecule has 0 atom stereocenters. The number of phenols is 1. The maximum Gasteiger partial charge on any atom is 0.336 e. The summed E-state index contributed by atoms with van der Waals surface area (Å²) in [5.41, 5.74) is 4.58. The maximum atomic E-state index is 12.5. The first-order chi connectivity index (χ1) is 25.9. The van der Waals surface area contributed by atoms with Crippen molar-refractivity contribution in [1.29, 1.82) is 0 Å². The monoisotopic (exact) mass is 743 g/mol. The Balaban J connectivity index is 0.936. The number of anilines is 1. The number of thiocarbonyl (C=S) groups is 1. The number of aromatic nitrogens is 3. The van der Waals surface area contributed by atoms with Crippen molar-refractivity contribution in [2.24, 2.45) is 0 Å². The molecule has 7 rings (SSSR count). The molecule has 2 aliphatic rings. The van der Waals surface area contributed by atoms with Gasteiger partial charge in [0.2, 0.25) is 5.88 Å². The summed E-state index contributed by atoms with van der Waals surface area (Å²) >= 11 is 5.49. The first-order valence-electron chi connectivity index (χ1n) is 17.3. The highest BCUT2D eigenvalue weighted by molar-refractivity contribution is 7.80. The zero-order chi connectivity index (χ0) is 38.1. The first-order valence-corrected chi connectivity index (χ1v) is 17.7. The molecule has 0 spiro atoms. The lowest BCUT2D eigenvalue weighted by atomic mass is 9.90. The van der Waals surface area contributed by atoms with Gasteiger partial charge in [0.1, 0.15) is 28.5 Å². The Bertz CT molecular complexity index is 2570. The van der Waals surface area contributed by atoms with Crippen molar-refractivity contribution in [1.82, 2.24) is 19.7 Å². The van der Waals surface area contributed by atoms with Crippen LogP contribution in [0.4, 0.5) is 5.69 Å². The average molecular weight is 744 g/mol. The predicted molar refractivity (Wildman–Crippen MR) is 211 cm³/mol. The van der Waals surface area contributed by atoms with Crippen molar-refractivity contribution < 1.29 is 29.3 Å². The molecule has 54 heavy (non-hydrogen) atoms. The number of unbranched alkanes of at least 4 members (excludes halogenated alkanes) is 1. The van der Waals surface area contributed by atoms with E-state index in [0.29, 0.717) is 68.6 Å². The zero-order valence-electron chi connectivity index (χ0n) is 29.7. The third-order valence-corrected chi connectivity index (χ3v) is 9.17. The van der Waals surface area contributed by atoms with Gasteiger partial charge in [-0.05, 0) is 91.3 Å². The Morgan fingerprint density at radius 1 is 0.963 bits per heavy atom. The van der Waals surface area contributed by atoms with E-state index in [9.17, 15) is 24.9 Å². The van der Waals surface area contributed by atoms with Gasteiger partial charge in [0.25, 0.3) is 0 Å². The molecule has 0 fully saturated rings. The van der Waals surface area contributed by atoms with E-state index < -0.39 is 5.97 Å². The second-order valence-electron chi connectivity index (χ2n) is 13.9. The third kappa shape index (κ3) is 7.39. The van der Waals surface area contributed by atoms with Crippen molar-refractivity contribution in [3.8, 4) is 51.1 Å². The molecule has 12 nitrogen and oxygen atoms in total. The molecule has 0 bridgehead atoms. The Morgan fingerprint density at radius 3 is 2.50 bits per heavy atom. The number of carboxylic acids is 1. The quantitative estimate of drug-likeness (QED) is 0.0523. The van der Waals surface area contributed by atoms with Crippen molar-refractivity contribution in [3.05, 3.63) is 113 Å². The Hall–Kier alpha value is -6.47. The summed E-state index contributed by atoms with van der Waals surface area (Å²) in [4.78, 5) is 33.7. The number of hydrogen-bond donors (Lipinski definition) is 5. The summed E-state index contributed by atoms with van der Waals surface area (Å²) in [6, 6.07) is 21.5. The maximum absolute atomic E-state index is 12.5. The van der Waals surface area contributed by atoms with Crippen molar-refractivity contribution in [2.45, 2.75) is 39.0 Å². The minimum absolute atomic E-state index is 0.0191. The summed E-state index contributed by atoms with van der Waals surface area (Å²) < 4.78 is 13.5. The second kappa shape index (κ2) is 14.5. The molecule has 1 aliphatic carbocycles. The van der Waals surface area contributed by atoms with Crippen LogP contribution in [-0.4, -0.2) is 53.9 Å². The van der Waals surface area contributed by atoms with Gasteiger partial charge in [0.15, 0.2) is 16.2 Å². The molecule has 2 aromatic heterocycles. The van der Waals surface area contributed by atoms with Crippen LogP contribution in [0.3, 0.4) is 0 Å². The summed E-state index contributed by atoms with van der Waals surface area (Å²) in [5, 5.41) is 38.2. The minimum atomic E-state index is -1.15. The Labute approximate surface area is 315 Å². The number of benzene rings is 4. The van der Waals surface area contributed by atoms with Crippen LogP contribution in [0.1, 0.15) is 49.7 Å². The predicted octanol–water partition coefficient (Wildman–Crippen LogP) is 7.83. The van der Waals surface area contributed by atoms with Crippen molar-refractivity contribution in [2.75, 3.05) is 18.5 Å². The fourth-order valence-electron chi connectivity index (χ4n) is 6.28. The molecule has 274 valence electrons. The molecular weight excluding hydrogens is 707 g/mol. The van der Waals surface area contributed by atoms with Crippen LogP contribution in [0.15, 0.2) is 100 Å². The van der Waals surface area contributed by atoms with Gasteiger partial charge >= 0.3 is 5.97 Å². The van der Waals surface area contributed by atoms with Gasteiger partial charge in [-0.15, -0.1) is 0 Å².